The van der Waals surface area contributed by atoms with Gasteiger partial charge in [0, 0.05) is 48.4 Å². The van der Waals surface area contributed by atoms with E-state index >= 15 is 0 Å². The second-order valence-electron chi connectivity index (χ2n) is 8.36. The third kappa shape index (κ3) is 4.18. The molecule has 0 aliphatic carbocycles. The van der Waals surface area contributed by atoms with Crippen molar-refractivity contribution in [1.82, 2.24) is 20.4 Å². The fraction of sp³-hybridized carbons (Fsp3) is 0.318. The van der Waals surface area contributed by atoms with Crippen molar-refractivity contribution in [2.45, 2.75) is 13.0 Å². The van der Waals surface area contributed by atoms with E-state index in [0.717, 1.165) is 32.2 Å². The average Bonchev–Trinajstić information content (AvgIpc) is 3.22. The van der Waals surface area contributed by atoms with Gasteiger partial charge in [-0.15, -0.1) is 10.2 Å². The van der Waals surface area contributed by atoms with E-state index in [9.17, 15) is 17.6 Å². The normalized spacial score (nSPS) is 16.6. The summed E-state index contributed by atoms with van der Waals surface area (Å²) in [6.07, 6.45) is -2.91. The van der Waals surface area contributed by atoms with Crippen molar-refractivity contribution < 1.29 is 22.0 Å². The Balaban J connectivity index is 1.38. The van der Waals surface area contributed by atoms with Crippen molar-refractivity contribution >= 4 is 23.0 Å². The van der Waals surface area contributed by atoms with Crippen molar-refractivity contribution in [1.29, 1.82) is 0 Å². The smallest absolute Gasteiger partial charge is 0.314 e. The fourth-order valence-electron chi connectivity index (χ4n) is 4.08. The monoisotopic (exact) mass is 477 g/mol. The molecule has 0 bridgehead atoms. The number of nitrogens with zero attached hydrogens (tertiary/aromatic N) is 4. The Kier molecular flexibility index (Phi) is 5.53. The maximum atomic E-state index is 15.0. The topological polar surface area (TPSA) is 57.4 Å². The number of benzene rings is 2. The molecular formula is C22H19F4N5OS. The van der Waals surface area contributed by atoms with Crippen molar-refractivity contribution in [3.8, 4) is 11.5 Å². The molecule has 0 atom stereocenters. The molecule has 2 aliphatic rings. The van der Waals surface area contributed by atoms with Crippen molar-refractivity contribution in [2.75, 3.05) is 31.1 Å². The van der Waals surface area contributed by atoms with E-state index in [1.165, 1.54) is 24.3 Å². The molecule has 1 N–H and O–H groups in total. The third-order valence-electron chi connectivity index (χ3n) is 5.95. The summed E-state index contributed by atoms with van der Waals surface area (Å²) in [5.74, 6) is -1.98. The van der Waals surface area contributed by atoms with Crippen LogP contribution in [-0.2, 0) is 6.54 Å². The second-order valence-corrected chi connectivity index (χ2v) is 8.72. The first-order valence-electron chi connectivity index (χ1n) is 10.3. The van der Waals surface area contributed by atoms with Crippen LogP contribution >= 0.6 is 12.2 Å². The molecule has 11 heteroatoms. The van der Waals surface area contributed by atoms with E-state index in [-0.39, 0.29) is 29.2 Å². The first kappa shape index (κ1) is 21.8. The number of hydrogen-bond acceptors (Lipinski definition) is 5. The summed E-state index contributed by atoms with van der Waals surface area (Å²) >= 11 is 5.72. The quantitative estimate of drug-likeness (QED) is 0.438. The van der Waals surface area contributed by atoms with Gasteiger partial charge in [-0.1, -0.05) is 6.07 Å². The summed E-state index contributed by atoms with van der Waals surface area (Å²) in [4.78, 5) is 3.81. The number of hydrogen-bond donors (Lipinski definition) is 1. The standard InChI is InChI=1S/C22H19F4N5OS/c23-15-3-5-16(6-4-15)31(21(33)30-11-22(12-30)9-27-10-22)8-14-2-1-13(7-17(14)24)19-28-29-20(32-19)18(25)26/h1-7,18,27H,8-12H2. The highest BCUT2D eigenvalue weighted by Crippen LogP contribution is 2.36. The van der Waals surface area contributed by atoms with Crippen LogP contribution < -0.4 is 10.2 Å². The maximum Gasteiger partial charge on any atom is 0.314 e. The van der Waals surface area contributed by atoms with E-state index in [4.69, 9.17) is 16.6 Å². The van der Waals surface area contributed by atoms with Crippen LogP contribution in [0.5, 0.6) is 0 Å². The fourth-order valence-corrected chi connectivity index (χ4v) is 4.38. The van der Waals surface area contributed by atoms with Crippen LogP contribution in [-0.4, -0.2) is 46.4 Å². The van der Waals surface area contributed by atoms with Gasteiger partial charge >= 0.3 is 6.43 Å². The highest BCUT2D eigenvalue weighted by molar-refractivity contribution is 7.80. The van der Waals surface area contributed by atoms with E-state index in [1.54, 1.807) is 17.0 Å². The number of nitrogens with one attached hydrogen (secondary N) is 1. The molecular weight excluding hydrogens is 458 g/mol. The molecule has 2 aliphatic heterocycles. The van der Waals surface area contributed by atoms with Gasteiger partial charge in [-0.3, -0.25) is 0 Å². The van der Waals surface area contributed by atoms with Gasteiger partial charge in [-0.05, 0) is 48.6 Å². The molecule has 3 heterocycles. The Morgan fingerprint density at radius 3 is 2.42 bits per heavy atom. The van der Waals surface area contributed by atoms with Crippen LogP contribution in [0.15, 0.2) is 46.9 Å². The zero-order valence-electron chi connectivity index (χ0n) is 17.3. The van der Waals surface area contributed by atoms with Gasteiger partial charge in [-0.25, -0.2) is 8.78 Å². The van der Waals surface area contributed by atoms with E-state index in [0.29, 0.717) is 16.4 Å². The number of alkyl halides is 2. The predicted molar refractivity (Wildman–Crippen MR) is 117 cm³/mol. The van der Waals surface area contributed by atoms with Crippen LogP contribution in [0.3, 0.4) is 0 Å². The summed E-state index contributed by atoms with van der Waals surface area (Å²) in [6.45, 7) is 3.61. The molecule has 5 rings (SSSR count). The summed E-state index contributed by atoms with van der Waals surface area (Å²) in [5.41, 5.74) is 1.39. The van der Waals surface area contributed by atoms with Gasteiger partial charge in [0.1, 0.15) is 11.6 Å². The summed E-state index contributed by atoms with van der Waals surface area (Å²) in [5, 5.41) is 10.6. The lowest BCUT2D eigenvalue weighted by atomic mass is 9.75. The lowest BCUT2D eigenvalue weighted by Crippen LogP contribution is -2.73. The highest BCUT2D eigenvalue weighted by atomic mass is 32.1. The Bertz CT molecular complexity index is 1170. The van der Waals surface area contributed by atoms with Crippen LogP contribution in [0.25, 0.3) is 11.5 Å². The second kappa shape index (κ2) is 8.38. The molecule has 0 saturated carbocycles. The zero-order chi connectivity index (χ0) is 23.2. The number of aromatic nitrogens is 2. The third-order valence-corrected chi connectivity index (χ3v) is 6.43. The lowest BCUT2D eigenvalue weighted by molar-refractivity contribution is 0.00757. The van der Waals surface area contributed by atoms with E-state index in [1.807, 2.05) is 0 Å². The average molecular weight is 477 g/mol. The maximum absolute atomic E-state index is 15.0. The summed E-state index contributed by atoms with van der Waals surface area (Å²) < 4.78 is 58.8. The Hall–Kier alpha value is -3.05. The van der Waals surface area contributed by atoms with E-state index < -0.39 is 18.1 Å². The SMILES string of the molecule is Fc1ccc(N(Cc2ccc(-c3nnc(C(F)F)o3)cc2F)C(=S)N2CC3(CNC3)C2)cc1. The molecule has 1 spiro atoms. The number of halogens is 4. The minimum atomic E-state index is -2.91. The first-order chi connectivity index (χ1) is 15.8. The number of rotatable bonds is 5. The predicted octanol–water partition coefficient (Wildman–Crippen LogP) is 4.15. The molecule has 0 radical (unpaired) electrons. The number of anilines is 1. The van der Waals surface area contributed by atoms with Gasteiger partial charge in [0.05, 0.1) is 6.54 Å². The molecule has 6 nitrogen and oxygen atoms in total. The minimum absolute atomic E-state index is 0.102. The molecule has 2 saturated heterocycles. The van der Waals surface area contributed by atoms with Gasteiger partial charge in [0.2, 0.25) is 5.89 Å². The van der Waals surface area contributed by atoms with E-state index in [2.05, 4.69) is 20.4 Å². The Morgan fingerprint density at radius 2 is 1.85 bits per heavy atom. The van der Waals surface area contributed by atoms with Crippen LogP contribution in [0.4, 0.5) is 23.2 Å². The van der Waals surface area contributed by atoms with Crippen molar-refractivity contribution in [3.63, 3.8) is 0 Å². The van der Waals surface area contributed by atoms with Gasteiger partial charge in [-0.2, -0.15) is 8.78 Å². The molecule has 172 valence electrons. The van der Waals surface area contributed by atoms with Gasteiger partial charge in [0.25, 0.3) is 5.89 Å². The molecule has 0 unspecified atom stereocenters. The number of likely N-dealkylation sites (tertiary alicyclic amines) is 1. The summed E-state index contributed by atoms with van der Waals surface area (Å²) in [6, 6.07) is 10.0. The minimum Gasteiger partial charge on any atom is -0.415 e. The van der Waals surface area contributed by atoms with Crippen molar-refractivity contribution in [3.05, 3.63) is 65.6 Å². The first-order valence-corrected chi connectivity index (χ1v) is 10.7. The molecule has 3 aromatic rings. The lowest BCUT2D eigenvalue weighted by Gasteiger charge is -2.57. The summed E-state index contributed by atoms with van der Waals surface area (Å²) in [7, 11) is 0. The van der Waals surface area contributed by atoms with Crippen LogP contribution in [0.1, 0.15) is 17.9 Å². The molecule has 2 fully saturated rings. The largest absolute Gasteiger partial charge is 0.415 e. The van der Waals surface area contributed by atoms with Gasteiger partial charge in [0.15, 0.2) is 5.11 Å². The molecule has 0 amide bonds. The Morgan fingerprint density at radius 1 is 1.12 bits per heavy atom. The van der Waals surface area contributed by atoms with Gasteiger partial charge < -0.3 is 19.5 Å². The van der Waals surface area contributed by atoms with Crippen molar-refractivity contribution in [2.24, 2.45) is 5.41 Å². The molecule has 2 aromatic carbocycles. The zero-order valence-corrected chi connectivity index (χ0v) is 18.1. The molecule has 33 heavy (non-hydrogen) atoms. The number of thiocarbonyl (C=S) groups is 1. The molecule has 1 aromatic heterocycles. The Labute approximate surface area is 192 Å². The van der Waals surface area contributed by atoms with Crippen LogP contribution in [0.2, 0.25) is 0 Å². The highest BCUT2D eigenvalue weighted by Gasteiger charge is 2.49. The van der Waals surface area contributed by atoms with Crippen LogP contribution in [0, 0.1) is 17.0 Å².